The second-order valence-corrected chi connectivity index (χ2v) is 5.38. The molecule has 4 N–H and O–H groups in total. The highest BCUT2D eigenvalue weighted by molar-refractivity contribution is 5.95. The summed E-state index contributed by atoms with van der Waals surface area (Å²) in [7, 11) is 1.49. The van der Waals surface area contributed by atoms with E-state index in [1.54, 1.807) is 12.1 Å². The van der Waals surface area contributed by atoms with Crippen LogP contribution in [0.25, 0.3) is 0 Å². The molecule has 1 amide bonds. The Morgan fingerprint density at radius 1 is 1.43 bits per heavy atom. The largest absolute Gasteiger partial charge is 0.373 e. The molecule has 2 rings (SSSR count). The summed E-state index contributed by atoms with van der Waals surface area (Å²) in [4.78, 5) is 22.4. The summed E-state index contributed by atoms with van der Waals surface area (Å²) in [5.74, 6) is -0.348. The molecule has 0 heterocycles. The normalized spacial score (nSPS) is 16.5. The number of carbonyl (C=O) groups is 1. The van der Waals surface area contributed by atoms with Crippen molar-refractivity contribution < 1.29 is 9.72 Å². The molecule has 0 saturated heterocycles. The molecule has 0 bridgehead atoms. The minimum atomic E-state index is -0.478. The summed E-state index contributed by atoms with van der Waals surface area (Å²) in [5, 5.41) is 17.0. The van der Waals surface area contributed by atoms with Crippen molar-refractivity contribution in [3.8, 4) is 0 Å². The van der Waals surface area contributed by atoms with Crippen molar-refractivity contribution in [2.45, 2.75) is 31.2 Å². The van der Waals surface area contributed by atoms with Crippen LogP contribution < -0.4 is 16.4 Å². The minimum absolute atomic E-state index is 0.101. The molecule has 1 saturated carbocycles. The lowest BCUT2D eigenvalue weighted by Gasteiger charge is -2.29. The monoisotopic (exact) mass is 292 g/mol. The Hall–Kier alpha value is -2.15. The van der Waals surface area contributed by atoms with Gasteiger partial charge < -0.3 is 16.4 Å². The SMILES string of the molecule is CNC(=O)c1ccc(NC2(CN)CCCC2)c([N+](=O)[O-])c1. The highest BCUT2D eigenvalue weighted by Crippen LogP contribution is 2.35. The van der Waals surface area contributed by atoms with Crippen LogP contribution in [0.5, 0.6) is 0 Å². The lowest BCUT2D eigenvalue weighted by atomic mass is 9.97. The maximum Gasteiger partial charge on any atom is 0.293 e. The molecule has 1 aliphatic rings. The van der Waals surface area contributed by atoms with Gasteiger partial charge in [-0.25, -0.2) is 0 Å². The van der Waals surface area contributed by atoms with E-state index in [9.17, 15) is 14.9 Å². The summed E-state index contributed by atoms with van der Waals surface area (Å²) in [6, 6.07) is 4.45. The van der Waals surface area contributed by atoms with Crippen molar-refractivity contribution in [2.24, 2.45) is 5.73 Å². The fraction of sp³-hybridized carbons (Fsp3) is 0.500. The first-order valence-corrected chi connectivity index (χ1v) is 7.00. The van der Waals surface area contributed by atoms with E-state index in [0.717, 1.165) is 25.7 Å². The number of carbonyl (C=O) groups excluding carboxylic acids is 1. The first kappa shape index (κ1) is 15.2. The highest BCUT2D eigenvalue weighted by Gasteiger charge is 2.34. The molecule has 0 aliphatic heterocycles. The van der Waals surface area contributed by atoms with E-state index in [4.69, 9.17) is 5.73 Å². The van der Waals surface area contributed by atoms with E-state index < -0.39 is 4.92 Å². The van der Waals surface area contributed by atoms with E-state index in [2.05, 4.69) is 10.6 Å². The fourth-order valence-electron chi connectivity index (χ4n) is 2.79. The Balaban J connectivity index is 2.34. The number of nitrogens with two attached hydrogens (primary N) is 1. The first-order valence-electron chi connectivity index (χ1n) is 7.00. The number of anilines is 1. The molecule has 114 valence electrons. The van der Waals surface area contributed by atoms with Gasteiger partial charge in [-0.1, -0.05) is 12.8 Å². The number of nitro benzene ring substituents is 1. The molecule has 1 aromatic rings. The van der Waals surface area contributed by atoms with E-state index in [1.165, 1.54) is 13.1 Å². The zero-order valence-electron chi connectivity index (χ0n) is 12.0. The number of hydrogen-bond donors (Lipinski definition) is 3. The molecule has 0 aromatic heterocycles. The minimum Gasteiger partial charge on any atom is -0.373 e. The Morgan fingerprint density at radius 2 is 2.10 bits per heavy atom. The molecular weight excluding hydrogens is 272 g/mol. The van der Waals surface area contributed by atoms with Crippen molar-refractivity contribution in [3.63, 3.8) is 0 Å². The summed E-state index contributed by atoms with van der Waals surface area (Å²) in [5.41, 5.74) is 6.15. The molecule has 7 nitrogen and oxygen atoms in total. The predicted octanol–water partition coefficient (Wildman–Crippen LogP) is 1.64. The van der Waals surface area contributed by atoms with Crippen LogP contribution in [0, 0.1) is 10.1 Å². The molecular formula is C14H20N4O3. The van der Waals surface area contributed by atoms with Crippen molar-refractivity contribution >= 4 is 17.3 Å². The molecule has 0 atom stereocenters. The average Bonchev–Trinajstić information content (AvgIpc) is 2.95. The van der Waals surface area contributed by atoms with Gasteiger partial charge in [0.1, 0.15) is 5.69 Å². The summed E-state index contributed by atoms with van der Waals surface area (Å²) in [6.07, 6.45) is 3.93. The maximum absolute atomic E-state index is 11.6. The van der Waals surface area contributed by atoms with Crippen molar-refractivity contribution in [1.82, 2.24) is 5.32 Å². The van der Waals surface area contributed by atoms with Crippen LogP contribution in [0.2, 0.25) is 0 Å². The van der Waals surface area contributed by atoms with Crippen molar-refractivity contribution in [2.75, 3.05) is 18.9 Å². The van der Waals surface area contributed by atoms with Gasteiger partial charge in [-0.05, 0) is 25.0 Å². The van der Waals surface area contributed by atoms with Crippen molar-refractivity contribution in [3.05, 3.63) is 33.9 Å². The fourth-order valence-corrected chi connectivity index (χ4v) is 2.79. The number of nitrogens with zero attached hydrogens (tertiary/aromatic N) is 1. The quantitative estimate of drug-likeness (QED) is 0.564. The van der Waals surface area contributed by atoms with Gasteiger partial charge in [-0.2, -0.15) is 0 Å². The Morgan fingerprint density at radius 3 is 2.62 bits per heavy atom. The number of amides is 1. The van der Waals surface area contributed by atoms with Gasteiger partial charge in [0.2, 0.25) is 0 Å². The zero-order valence-corrected chi connectivity index (χ0v) is 12.0. The van der Waals surface area contributed by atoms with E-state index in [1.807, 2.05) is 0 Å². The second kappa shape index (κ2) is 6.09. The van der Waals surface area contributed by atoms with Crippen LogP contribution in [-0.4, -0.2) is 30.0 Å². The molecule has 1 aliphatic carbocycles. The number of benzene rings is 1. The van der Waals surface area contributed by atoms with Gasteiger partial charge >= 0.3 is 0 Å². The zero-order chi connectivity index (χ0) is 15.5. The van der Waals surface area contributed by atoms with Crippen LogP contribution in [0.15, 0.2) is 18.2 Å². The van der Waals surface area contributed by atoms with Crippen LogP contribution in [-0.2, 0) is 0 Å². The molecule has 21 heavy (non-hydrogen) atoms. The summed E-state index contributed by atoms with van der Waals surface area (Å²) < 4.78 is 0. The third kappa shape index (κ3) is 3.13. The molecule has 7 heteroatoms. The Bertz CT molecular complexity index is 553. The molecule has 1 aromatic carbocycles. The molecule has 1 fully saturated rings. The summed E-state index contributed by atoms with van der Waals surface area (Å²) in [6.45, 7) is 0.432. The smallest absolute Gasteiger partial charge is 0.293 e. The van der Waals surface area contributed by atoms with Crippen LogP contribution in [0.4, 0.5) is 11.4 Å². The summed E-state index contributed by atoms with van der Waals surface area (Å²) >= 11 is 0. The van der Waals surface area contributed by atoms with Gasteiger partial charge in [0.15, 0.2) is 0 Å². The Labute approximate surface area is 123 Å². The molecule has 0 spiro atoms. The second-order valence-electron chi connectivity index (χ2n) is 5.38. The number of nitrogens with one attached hydrogen (secondary N) is 2. The van der Waals surface area contributed by atoms with Gasteiger partial charge in [-0.15, -0.1) is 0 Å². The predicted molar refractivity (Wildman–Crippen MR) is 80.4 cm³/mol. The molecule has 0 radical (unpaired) electrons. The van der Waals surface area contributed by atoms with E-state index in [0.29, 0.717) is 12.2 Å². The third-order valence-electron chi connectivity index (χ3n) is 4.03. The van der Waals surface area contributed by atoms with Gasteiger partial charge in [0.25, 0.3) is 11.6 Å². The van der Waals surface area contributed by atoms with Gasteiger partial charge in [-0.3, -0.25) is 14.9 Å². The number of nitro groups is 1. The van der Waals surface area contributed by atoms with E-state index in [-0.39, 0.29) is 22.7 Å². The third-order valence-corrected chi connectivity index (χ3v) is 4.03. The molecule has 0 unspecified atom stereocenters. The Kier molecular flexibility index (Phi) is 4.42. The topological polar surface area (TPSA) is 110 Å². The number of hydrogen-bond acceptors (Lipinski definition) is 5. The van der Waals surface area contributed by atoms with E-state index >= 15 is 0 Å². The number of rotatable bonds is 5. The van der Waals surface area contributed by atoms with Crippen LogP contribution >= 0.6 is 0 Å². The average molecular weight is 292 g/mol. The van der Waals surface area contributed by atoms with Crippen LogP contribution in [0.3, 0.4) is 0 Å². The lowest BCUT2D eigenvalue weighted by molar-refractivity contribution is -0.384. The van der Waals surface area contributed by atoms with Gasteiger partial charge in [0, 0.05) is 30.8 Å². The highest BCUT2D eigenvalue weighted by atomic mass is 16.6. The maximum atomic E-state index is 11.6. The van der Waals surface area contributed by atoms with Crippen LogP contribution in [0.1, 0.15) is 36.0 Å². The van der Waals surface area contributed by atoms with Gasteiger partial charge in [0.05, 0.1) is 4.92 Å². The first-order chi connectivity index (χ1) is 10.0. The standard InChI is InChI=1S/C14H20N4O3/c1-16-13(19)10-4-5-11(12(8-10)18(20)21)17-14(9-15)6-2-3-7-14/h4-5,8,17H,2-3,6-7,9,15H2,1H3,(H,16,19). The lowest BCUT2D eigenvalue weighted by Crippen LogP contribution is -2.42. The van der Waals surface area contributed by atoms with Crippen molar-refractivity contribution in [1.29, 1.82) is 0 Å².